The summed E-state index contributed by atoms with van der Waals surface area (Å²) in [6, 6.07) is 0. The van der Waals surface area contributed by atoms with Crippen LogP contribution in [0.1, 0.15) is 99.8 Å². The molecule has 0 saturated heterocycles. The zero-order chi connectivity index (χ0) is 17.0. The van der Waals surface area contributed by atoms with Crippen molar-refractivity contribution in [2.24, 2.45) is 16.7 Å². The van der Waals surface area contributed by atoms with Crippen LogP contribution in [0.4, 0.5) is 0 Å². The number of esters is 1. The zero-order valence-corrected chi connectivity index (χ0v) is 16.1. The van der Waals surface area contributed by atoms with Crippen molar-refractivity contribution in [1.29, 1.82) is 0 Å². The quantitative estimate of drug-likeness (QED) is 0.451. The Bertz CT molecular complexity index is 356. The standard InChI is InChI=1S/C20H38O2/c1-8-20(13-11-9-10-12-14-20)22-17(21)19(7,16(2)3)15-18(4,5)6/h16H,8-15H2,1-7H3. The Morgan fingerprint density at radius 3 is 1.91 bits per heavy atom. The summed E-state index contributed by atoms with van der Waals surface area (Å²) in [7, 11) is 0. The largest absolute Gasteiger partial charge is 0.459 e. The molecule has 1 aliphatic rings. The molecule has 22 heavy (non-hydrogen) atoms. The number of hydrogen-bond acceptors (Lipinski definition) is 2. The van der Waals surface area contributed by atoms with E-state index < -0.39 is 5.41 Å². The summed E-state index contributed by atoms with van der Waals surface area (Å²) >= 11 is 0. The highest BCUT2D eigenvalue weighted by atomic mass is 16.6. The molecule has 1 fully saturated rings. The molecule has 1 rings (SSSR count). The number of carbonyl (C=O) groups is 1. The van der Waals surface area contributed by atoms with Gasteiger partial charge in [0.1, 0.15) is 5.60 Å². The first-order valence-electron chi connectivity index (χ1n) is 9.28. The van der Waals surface area contributed by atoms with Crippen LogP contribution in [-0.2, 0) is 9.53 Å². The van der Waals surface area contributed by atoms with Crippen LogP contribution >= 0.6 is 0 Å². The van der Waals surface area contributed by atoms with Gasteiger partial charge in [-0.25, -0.2) is 0 Å². The maximum absolute atomic E-state index is 13.1. The Labute approximate surface area is 138 Å². The van der Waals surface area contributed by atoms with Crippen LogP contribution in [0.5, 0.6) is 0 Å². The third-order valence-corrected chi connectivity index (χ3v) is 5.61. The molecule has 0 heterocycles. The molecule has 1 atom stereocenters. The highest BCUT2D eigenvalue weighted by Gasteiger charge is 2.44. The van der Waals surface area contributed by atoms with Crippen LogP contribution in [-0.4, -0.2) is 11.6 Å². The number of rotatable bonds is 5. The molecule has 0 N–H and O–H groups in total. The molecule has 0 amide bonds. The minimum Gasteiger partial charge on any atom is -0.459 e. The van der Waals surface area contributed by atoms with Gasteiger partial charge in [0.25, 0.3) is 0 Å². The fourth-order valence-corrected chi connectivity index (χ4v) is 3.83. The van der Waals surface area contributed by atoms with E-state index in [1.165, 1.54) is 25.7 Å². The highest BCUT2D eigenvalue weighted by Crippen LogP contribution is 2.43. The number of ether oxygens (including phenoxy) is 1. The first-order chi connectivity index (χ1) is 10.0. The normalized spacial score (nSPS) is 22.0. The second-order valence-electron chi connectivity index (χ2n) is 9.15. The average molecular weight is 311 g/mol. The minimum atomic E-state index is -0.396. The lowest BCUT2D eigenvalue weighted by atomic mass is 9.68. The molecule has 130 valence electrons. The SMILES string of the molecule is CCC1(OC(=O)C(C)(CC(C)(C)C)C(C)C)CCCCCC1. The summed E-state index contributed by atoms with van der Waals surface area (Å²) in [6.07, 6.45) is 8.85. The first kappa shape index (κ1) is 19.5. The Balaban J connectivity index is 2.94. The second-order valence-corrected chi connectivity index (χ2v) is 9.15. The first-order valence-corrected chi connectivity index (χ1v) is 9.28. The van der Waals surface area contributed by atoms with Crippen molar-refractivity contribution in [1.82, 2.24) is 0 Å². The van der Waals surface area contributed by atoms with Gasteiger partial charge in [0, 0.05) is 0 Å². The molecule has 1 saturated carbocycles. The highest BCUT2D eigenvalue weighted by molar-refractivity contribution is 5.77. The number of hydrogen-bond donors (Lipinski definition) is 0. The Kier molecular flexibility index (Phi) is 6.53. The zero-order valence-electron chi connectivity index (χ0n) is 16.1. The van der Waals surface area contributed by atoms with Crippen LogP contribution in [0.3, 0.4) is 0 Å². The molecule has 2 nitrogen and oxygen atoms in total. The van der Waals surface area contributed by atoms with Crippen molar-refractivity contribution in [2.75, 3.05) is 0 Å². The molecule has 0 aromatic heterocycles. The van der Waals surface area contributed by atoms with Crippen molar-refractivity contribution in [2.45, 2.75) is 105 Å². The Morgan fingerprint density at radius 2 is 1.55 bits per heavy atom. The van der Waals surface area contributed by atoms with Gasteiger partial charge in [-0.3, -0.25) is 4.79 Å². The van der Waals surface area contributed by atoms with Gasteiger partial charge in [-0.1, -0.05) is 54.4 Å². The van der Waals surface area contributed by atoms with Gasteiger partial charge >= 0.3 is 5.97 Å². The van der Waals surface area contributed by atoms with Crippen molar-refractivity contribution < 1.29 is 9.53 Å². The van der Waals surface area contributed by atoms with Gasteiger partial charge in [0.15, 0.2) is 0 Å². The summed E-state index contributed by atoms with van der Waals surface area (Å²) in [5.41, 5.74) is -0.477. The second kappa shape index (κ2) is 7.36. The predicted octanol–water partition coefficient (Wildman–Crippen LogP) is 6.13. The van der Waals surface area contributed by atoms with E-state index >= 15 is 0 Å². The summed E-state index contributed by atoms with van der Waals surface area (Å²) in [5.74, 6) is 0.320. The van der Waals surface area contributed by atoms with Gasteiger partial charge in [-0.15, -0.1) is 0 Å². The van der Waals surface area contributed by atoms with E-state index in [1.807, 2.05) is 0 Å². The van der Waals surface area contributed by atoms with Crippen LogP contribution < -0.4 is 0 Å². The molecule has 0 spiro atoms. The van der Waals surface area contributed by atoms with E-state index in [1.54, 1.807) is 0 Å². The number of carbonyl (C=O) groups excluding carboxylic acids is 1. The van der Waals surface area contributed by atoms with Gasteiger partial charge in [0.05, 0.1) is 5.41 Å². The van der Waals surface area contributed by atoms with Crippen LogP contribution in [0.2, 0.25) is 0 Å². The van der Waals surface area contributed by atoms with Crippen molar-refractivity contribution in [3.8, 4) is 0 Å². The van der Waals surface area contributed by atoms with Crippen LogP contribution in [0.15, 0.2) is 0 Å². The predicted molar refractivity (Wildman–Crippen MR) is 93.8 cm³/mol. The van der Waals surface area contributed by atoms with Crippen molar-refractivity contribution >= 4 is 5.97 Å². The van der Waals surface area contributed by atoms with E-state index in [4.69, 9.17) is 4.74 Å². The maximum atomic E-state index is 13.1. The molecule has 2 heteroatoms. The van der Waals surface area contributed by atoms with Crippen molar-refractivity contribution in [3.05, 3.63) is 0 Å². The van der Waals surface area contributed by atoms with E-state index in [0.29, 0.717) is 5.92 Å². The lowest BCUT2D eigenvalue weighted by Gasteiger charge is -2.41. The van der Waals surface area contributed by atoms with Crippen LogP contribution in [0, 0.1) is 16.7 Å². The van der Waals surface area contributed by atoms with E-state index in [-0.39, 0.29) is 17.0 Å². The summed E-state index contributed by atoms with van der Waals surface area (Å²) in [5, 5.41) is 0. The van der Waals surface area contributed by atoms with Gasteiger partial charge in [-0.2, -0.15) is 0 Å². The molecule has 0 aliphatic heterocycles. The lowest BCUT2D eigenvalue weighted by Crippen LogP contribution is -2.44. The molecule has 0 bridgehead atoms. The lowest BCUT2D eigenvalue weighted by molar-refractivity contribution is -0.178. The Morgan fingerprint density at radius 1 is 1.05 bits per heavy atom. The summed E-state index contributed by atoms with van der Waals surface area (Å²) in [6.45, 7) is 15.2. The summed E-state index contributed by atoms with van der Waals surface area (Å²) in [4.78, 5) is 13.1. The fourth-order valence-electron chi connectivity index (χ4n) is 3.83. The molecule has 0 aromatic rings. The van der Waals surface area contributed by atoms with Gasteiger partial charge in [-0.05, 0) is 56.8 Å². The van der Waals surface area contributed by atoms with E-state index in [2.05, 4.69) is 48.5 Å². The fraction of sp³-hybridized carbons (Fsp3) is 0.950. The monoisotopic (exact) mass is 310 g/mol. The maximum Gasteiger partial charge on any atom is 0.312 e. The van der Waals surface area contributed by atoms with Crippen molar-refractivity contribution in [3.63, 3.8) is 0 Å². The molecule has 1 unspecified atom stereocenters. The Hall–Kier alpha value is -0.530. The molecular formula is C20H38O2. The smallest absolute Gasteiger partial charge is 0.312 e. The van der Waals surface area contributed by atoms with E-state index in [9.17, 15) is 4.79 Å². The minimum absolute atomic E-state index is 0.0289. The molecule has 0 aromatic carbocycles. The van der Waals surface area contributed by atoms with Gasteiger partial charge in [0.2, 0.25) is 0 Å². The molecular weight excluding hydrogens is 272 g/mol. The van der Waals surface area contributed by atoms with E-state index in [0.717, 1.165) is 25.7 Å². The third kappa shape index (κ3) is 4.99. The molecule has 1 aliphatic carbocycles. The topological polar surface area (TPSA) is 26.3 Å². The molecule has 0 radical (unpaired) electrons. The van der Waals surface area contributed by atoms with Gasteiger partial charge < -0.3 is 4.74 Å². The summed E-state index contributed by atoms with van der Waals surface area (Å²) < 4.78 is 6.24. The average Bonchev–Trinajstić information content (AvgIpc) is 2.62. The van der Waals surface area contributed by atoms with Crippen LogP contribution in [0.25, 0.3) is 0 Å². The third-order valence-electron chi connectivity index (χ3n) is 5.61.